The quantitative estimate of drug-likeness (QED) is 0.879. The third kappa shape index (κ3) is 3.22. The first-order valence-corrected chi connectivity index (χ1v) is 6.76. The molecule has 2 N–H and O–H groups in total. The van der Waals surface area contributed by atoms with Crippen LogP contribution < -0.4 is 10.6 Å². The predicted molar refractivity (Wildman–Crippen MR) is 72.6 cm³/mol. The minimum Gasteiger partial charge on any atom is -0.372 e. The highest BCUT2D eigenvalue weighted by molar-refractivity contribution is 5.98. The molecule has 1 aliphatic carbocycles. The van der Waals surface area contributed by atoms with Crippen LogP contribution in [0.2, 0.25) is 0 Å². The number of hydrogen-bond donors (Lipinski definition) is 2. The van der Waals surface area contributed by atoms with Crippen molar-refractivity contribution in [3.05, 3.63) is 23.6 Å². The number of rotatable bonds is 4. The Morgan fingerprint density at radius 2 is 2.16 bits per heavy atom. The van der Waals surface area contributed by atoms with E-state index in [-0.39, 0.29) is 17.5 Å². The number of halogens is 1. The van der Waals surface area contributed by atoms with Gasteiger partial charge in [-0.05, 0) is 31.7 Å². The van der Waals surface area contributed by atoms with E-state index in [1.807, 2.05) is 6.92 Å². The molecule has 0 radical (unpaired) electrons. The number of hydrogen-bond acceptors (Lipinski definition) is 3. The fourth-order valence-corrected chi connectivity index (χ4v) is 2.67. The lowest BCUT2D eigenvalue weighted by Crippen LogP contribution is -2.37. The van der Waals surface area contributed by atoms with Crippen molar-refractivity contribution in [3.8, 4) is 0 Å². The Hall–Kier alpha value is -1.65. The first-order chi connectivity index (χ1) is 9.11. The molecule has 19 heavy (non-hydrogen) atoms. The highest BCUT2D eigenvalue weighted by Gasteiger charge is 2.24. The van der Waals surface area contributed by atoms with E-state index < -0.39 is 5.82 Å². The van der Waals surface area contributed by atoms with Crippen molar-refractivity contribution >= 4 is 11.7 Å². The van der Waals surface area contributed by atoms with Gasteiger partial charge in [0.1, 0.15) is 11.6 Å². The summed E-state index contributed by atoms with van der Waals surface area (Å²) in [5, 5.41) is 5.76. The van der Waals surface area contributed by atoms with Crippen LogP contribution in [0.15, 0.2) is 12.3 Å². The molecule has 0 aliphatic heterocycles. The van der Waals surface area contributed by atoms with Crippen molar-refractivity contribution in [3.63, 3.8) is 0 Å². The van der Waals surface area contributed by atoms with Gasteiger partial charge in [-0.25, -0.2) is 9.37 Å². The average molecular weight is 265 g/mol. The summed E-state index contributed by atoms with van der Waals surface area (Å²) in [7, 11) is 1.66. The van der Waals surface area contributed by atoms with Gasteiger partial charge < -0.3 is 10.6 Å². The molecule has 1 saturated carbocycles. The molecule has 104 valence electrons. The van der Waals surface area contributed by atoms with Gasteiger partial charge in [0.05, 0.1) is 11.8 Å². The maximum atomic E-state index is 13.2. The normalized spacial score (nSPS) is 17.2. The van der Waals surface area contributed by atoms with Gasteiger partial charge in [-0.2, -0.15) is 0 Å². The maximum Gasteiger partial charge on any atom is 0.255 e. The smallest absolute Gasteiger partial charge is 0.255 e. The van der Waals surface area contributed by atoms with E-state index in [0.29, 0.717) is 11.7 Å². The molecule has 1 unspecified atom stereocenters. The Bertz CT molecular complexity index is 458. The fraction of sp³-hybridized carbons (Fsp3) is 0.571. The highest BCUT2D eigenvalue weighted by Crippen LogP contribution is 2.27. The van der Waals surface area contributed by atoms with Crippen molar-refractivity contribution in [1.29, 1.82) is 0 Å². The summed E-state index contributed by atoms with van der Waals surface area (Å²) in [5.74, 6) is 0.162. The molecule has 1 amide bonds. The third-order valence-corrected chi connectivity index (χ3v) is 3.80. The average Bonchev–Trinajstić information content (AvgIpc) is 2.92. The van der Waals surface area contributed by atoms with E-state index in [0.717, 1.165) is 19.0 Å². The number of pyridine rings is 1. The van der Waals surface area contributed by atoms with Crippen molar-refractivity contribution in [2.45, 2.75) is 38.6 Å². The second-order valence-corrected chi connectivity index (χ2v) is 5.11. The zero-order chi connectivity index (χ0) is 13.8. The van der Waals surface area contributed by atoms with Crippen molar-refractivity contribution in [2.24, 2.45) is 5.92 Å². The number of nitrogens with one attached hydrogen (secondary N) is 2. The summed E-state index contributed by atoms with van der Waals surface area (Å²) < 4.78 is 13.2. The lowest BCUT2D eigenvalue weighted by molar-refractivity contribution is 0.0927. The summed E-state index contributed by atoms with van der Waals surface area (Å²) in [4.78, 5) is 16.1. The zero-order valence-corrected chi connectivity index (χ0v) is 11.4. The Balaban J connectivity index is 2.08. The van der Waals surface area contributed by atoms with Gasteiger partial charge in [0.15, 0.2) is 0 Å². The number of carbonyl (C=O) groups is 1. The van der Waals surface area contributed by atoms with Gasteiger partial charge in [-0.1, -0.05) is 12.8 Å². The molecule has 0 bridgehead atoms. The molecule has 1 fully saturated rings. The van der Waals surface area contributed by atoms with Gasteiger partial charge in [-0.15, -0.1) is 0 Å². The highest BCUT2D eigenvalue weighted by atomic mass is 19.1. The van der Waals surface area contributed by atoms with E-state index in [1.165, 1.54) is 18.9 Å². The zero-order valence-electron chi connectivity index (χ0n) is 11.4. The molecule has 0 aromatic carbocycles. The van der Waals surface area contributed by atoms with Crippen LogP contribution in [0.1, 0.15) is 43.0 Å². The topological polar surface area (TPSA) is 54.0 Å². The van der Waals surface area contributed by atoms with E-state index in [1.54, 1.807) is 7.05 Å². The summed E-state index contributed by atoms with van der Waals surface area (Å²) in [6.07, 6.45) is 5.87. The Kier molecular flexibility index (Phi) is 4.35. The van der Waals surface area contributed by atoms with E-state index in [9.17, 15) is 9.18 Å². The molecule has 2 rings (SSSR count). The van der Waals surface area contributed by atoms with Gasteiger partial charge >= 0.3 is 0 Å². The van der Waals surface area contributed by atoms with Gasteiger partial charge in [0, 0.05) is 13.1 Å². The third-order valence-electron chi connectivity index (χ3n) is 3.80. The molecule has 0 saturated heterocycles. The van der Waals surface area contributed by atoms with Crippen LogP contribution in [0.5, 0.6) is 0 Å². The molecule has 4 nitrogen and oxygen atoms in total. The fourth-order valence-electron chi connectivity index (χ4n) is 2.67. The molecule has 1 atom stereocenters. The molecule has 0 spiro atoms. The van der Waals surface area contributed by atoms with E-state index in [2.05, 4.69) is 15.6 Å². The van der Waals surface area contributed by atoms with Gasteiger partial charge in [0.2, 0.25) is 0 Å². The largest absolute Gasteiger partial charge is 0.372 e. The number of nitrogens with zero attached hydrogens (tertiary/aromatic N) is 1. The summed E-state index contributed by atoms with van der Waals surface area (Å²) >= 11 is 0. The summed E-state index contributed by atoms with van der Waals surface area (Å²) in [6.45, 7) is 2.01. The molecule has 5 heteroatoms. The van der Waals surface area contributed by atoms with Gasteiger partial charge in [-0.3, -0.25) is 4.79 Å². The summed E-state index contributed by atoms with van der Waals surface area (Å²) in [5.41, 5.74) is 0.257. The molecule has 1 aromatic rings. The van der Waals surface area contributed by atoms with Crippen molar-refractivity contribution in [1.82, 2.24) is 10.3 Å². The first-order valence-electron chi connectivity index (χ1n) is 6.76. The molecule has 1 heterocycles. The van der Waals surface area contributed by atoms with Crippen LogP contribution in [-0.4, -0.2) is 24.0 Å². The number of aromatic nitrogens is 1. The van der Waals surface area contributed by atoms with Crippen LogP contribution in [-0.2, 0) is 0 Å². The molecular weight excluding hydrogens is 245 g/mol. The van der Waals surface area contributed by atoms with Crippen LogP contribution in [0, 0.1) is 11.7 Å². The SMILES string of the molecule is CNc1ncc(F)cc1C(=O)NC(C)C1CCCC1. The van der Waals surface area contributed by atoms with E-state index in [4.69, 9.17) is 0 Å². The first kappa shape index (κ1) is 13.8. The lowest BCUT2D eigenvalue weighted by atomic mass is 9.99. The standard InChI is InChI=1S/C14H20FN3O/c1-9(10-5-3-4-6-10)18-14(19)12-7-11(15)8-17-13(12)16-2/h7-10H,3-6H2,1-2H3,(H,16,17)(H,18,19). The predicted octanol–water partition coefficient (Wildman–Crippen LogP) is 2.57. The second-order valence-electron chi connectivity index (χ2n) is 5.11. The van der Waals surface area contributed by atoms with Gasteiger partial charge in [0.25, 0.3) is 5.91 Å². The number of amides is 1. The van der Waals surface area contributed by atoms with Crippen molar-refractivity contribution < 1.29 is 9.18 Å². The molecule has 1 aliphatic rings. The molecular formula is C14H20FN3O. The van der Waals surface area contributed by atoms with Crippen LogP contribution >= 0.6 is 0 Å². The minimum absolute atomic E-state index is 0.114. The Morgan fingerprint density at radius 1 is 1.47 bits per heavy atom. The molecule has 1 aromatic heterocycles. The number of anilines is 1. The maximum absolute atomic E-state index is 13.2. The Morgan fingerprint density at radius 3 is 2.79 bits per heavy atom. The number of carbonyl (C=O) groups excluding carboxylic acids is 1. The van der Waals surface area contributed by atoms with Crippen LogP contribution in [0.4, 0.5) is 10.2 Å². The van der Waals surface area contributed by atoms with Crippen molar-refractivity contribution in [2.75, 3.05) is 12.4 Å². The lowest BCUT2D eigenvalue weighted by Gasteiger charge is -2.20. The Labute approximate surface area is 112 Å². The minimum atomic E-state index is -0.502. The monoisotopic (exact) mass is 265 g/mol. The van der Waals surface area contributed by atoms with Crippen LogP contribution in [0.3, 0.4) is 0 Å². The van der Waals surface area contributed by atoms with E-state index >= 15 is 0 Å². The van der Waals surface area contributed by atoms with Crippen LogP contribution in [0.25, 0.3) is 0 Å². The summed E-state index contributed by atoms with van der Waals surface area (Å²) in [6, 6.07) is 1.33. The second kappa shape index (κ2) is 5.99.